The van der Waals surface area contributed by atoms with E-state index in [1.54, 1.807) is 31.2 Å². The van der Waals surface area contributed by atoms with Crippen molar-refractivity contribution in [3.05, 3.63) is 64.2 Å². The number of methoxy groups -OCH3 is 2. The number of hydrogen-bond donors (Lipinski definition) is 2. The number of carbonyl (C=O) groups excluding carboxylic acids is 1. The SMILES string of the molecule is CCOC(=O)CC1=NNN(CC[C@@H]2S[C@@H](c3cccc(OC)c3OC)c3cc(Cl)ccc3-n3c2nnc3C(F)(F)F)N1. The lowest BCUT2D eigenvalue weighted by molar-refractivity contribution is -0.146. The topological polar surface area (TPSA) is 115 Å². The van der Waals surface area contributed by atoms with Gasteiger partial charge in [-0.1, -0.05) is 23.7 Å². The zero-order valence-electron chi connectivity index (χ0n) is 22.7. The number of esters is 1. The van der Waals surface area contributed by atoms with Crippen molar-refractivity contribution in [1.29, 1.82) is 0 Å². The van der Waals surface area contributed by atoms with E-state index >= 15 is 0 Å². The van der Waals surface area contributed by atoms with Crippen LogP contribution >= 0.6 is 23.4 Å². The Bertz CT molecular complexity index is 1500. The lowest BCUT2D eigenvalue weighted by atomic mass is 10.0. The molecule has 0 aliphatic carbocycles. The van der Waals surface area contributed by atoms with Gasteiger partial charge in [0.2, 0.25) is 5.82 Å². The third-order valence-corrected chi connectivity index (χ3v) is 8.35. The van der Waals surface area contributed by atoms with Crippen molar-refractivity contribution in [2.75, 3.05) is 27.4 Å². The molecule has 0 fully saturated rings. The maximum atomic E-state index is 14.2. The molecular formula is C26H27ClF3N7O4S. The highest BCUT2D eigenvalue weighted by atomic mass is 35.5. The lowest BCUT2D eigenvalue weighted by Crippen LogP contribution is -2.42. The first-order valence-electron chi connectivity index (χ1n) is 12.8. The van der Waals surface area contributed by atoms with Gasteiger partial charge in [0, 0.05) is 17.1 Å². The smallest absolute Gasteiger partial charge is 0.452 e. The van der Waals surface area contributed by atoms with E-state index in [4.69, 9.17) is 25.8 Å². The molecule has 0 amide bonds. The number of hydrazone groups is 1. The van der Waals surface area contributed by atoms with Crippen LogP contribution in [0.2, 0.25) is 5.02 Å². The van der Waals surface area contributed by atoms with Crippen LogP contribution in [0.4, 0.5) is 13.2 Å². The van der Waals surface area contributed by atoms with Crippen LogP contribution in [0.1, 0.15) is 53.0 Å². The Kier molecular flexibility index (Phi) is 8.70. The Morgan fingerprint density at radius 1 is 1.14 bits per heavy atom. The van der Waals surface area contributed by atoms with Gasteiger partial charge in [0.15, 0.2) is 23.2 Å². The molecule has 224 valence electrons. The summed E-state index contributed by atoms with van der Waals surface area (Å²) in [4.78, 5) is 11.8. The van der Waals surface area contributed by atoms with E-state index in [1.165, 1.54) is 37.2 Å². The van der Waals surface area contributed by atoms with Gasteiger partial charge < -0.3 is 14.2 Å². The molecule has 0 saturated heterocycles. The van der Waals surface area contributed by atoms with E-state index in [0.717, 1.165) is 4.57 Å². The molecule has 2 aromatic carbocycles. The number of carbonyl (C=O) groups is 1. The number of halogens is 4. The number of nitrogens with one attached hydrogen (secondary N) is 2. The Morgan fingerprint density at radius 2 is 1.95 bits per heavy atom. The Balaban J connectivity index is 1.53. The number of hydrogen-bond acceptors (Lipinski definition) is 11. The van der Waals surface area contributed by atoms with Crippen molar-refractivity contribution in [1.82, 2.24) is 30.8 Å². The number of amidine groups is 1. The fraction of sp³-hybridized carbons (Fsp3) is 0.385. The molecule has 5 rings (SSSR count). The molecular weight excluding hydrogens is 599 g/mol. The molecule has 3 heterocycles. The van der Waals surface area contributed by atoms with Gasteiger partial charge in [-0.05, 0) is 43.2 Å². The average molecular weight is 626 g/mol. The summed E-state index contributed by atoms with van der Waals surface area (Å²) in [5, 5.41) is 12.5. The number of aromatic nitrogens is 3. The zero-order valence-corrected chi connectivity index (χ0v) is 24.3. The fourth-order valence-corrected chi connectivity index (χ4v) is 6.52. The van der Waals surface area contributed by atoms with Crippen LogP contribution in [0, 0.1) is 0 Å². The Labute approximate surface area is 248 Å². The molecule has 42 heavy (non-hydrogen) atoms. The quantitative estimate of drug-likeness (QED) is 0.321. The monoisotopic (exact) mass is 625 g/mol. The number of para-hydroxylation sites is 1. The summed E-state index contributed by atoms with van der Waals surface area (Å²) in [6.45, 7) is 2.23. The van der Waals surface area contributed by atoms with Crippen LogP contribution in [-0.4, -0.2) is 59.1 Å². The predicted octanol–water partition coefficient (Wildman–Crippen LogP) is 4.82. The number of rotatable bonds is 9. The zero-order chi connectivity index (χ0) is 30.0. The number of benzene rings is 2. The van der Waals surface area contributed by atoms with Gasteiger partial charge in [0.25, 0.3) is 0 Å². The van der Waals surface area contributed by atoms with Crippen LogP contribution in [0.15, 0.2) is 41.5 Å². The maximum Gasteiger partial charge on any atom is 0.452 e. The highest BCUT2D eigenvalue weighted by Crippen LogP contribution is 2.54. The normalized spacial score (nSPS) is 18.2. The Hall–Kier alpha value is -3.69. The minimum absolute atomic E-state index is 0.0629. The van der Waals surface area contributed by atoms with Gasteiger partial charge in [-0.25, -0.2) is 5.53 Å². The number of nitrogens with zero attached hydrogens (tertiary/aromatic N) is 5. The second-order valence-electron chi connectivity index (χ2n) is 9.20. The molecule has 3 aromatic rings. The summed E-state index contributed by atoms with van der Waals surface area (Å²) >= 11 is 7.80. The van der Waals surface area contributed by atoms with Gasteiger partial charge in [0.1, 0.15) is 6.42 Å². The number of thioether (sulfide) groups is 1. The maximum absolute atomic E-state index is 14.2. The second-order valence-corrected chi connectivity index (χ2v) is 10.9. The van der Waals surface area contributed by atoms with E-state index < -0.39 is 28.5 Å². The van der Waals surface area contributed by atoms with Crippen molar-refractivity contribution in [3.63, 3.8) is 0 Å². The molecule has 0 unspecified atom stereocenters. The fourth-order valence-electron chi connectivity index (χ4n) is 4.83. The molecule has 2 aliphatic rings. The summed E-state index contributed by atoms with van der Waals surface area (Å²) in [5.74, 6) is -0.158. The minimum Gasteiger partial charge on any atom is -0.493 e. The molecule has 2 N–H and O–H groups in total. The van der Waals surface area contributed by atoms with Crippen LogP contribution in [-0.2, 0) is 15.7 Å². The second kappa shape index (κ2) is 12.3. The van der Waals surface area contributed by atoms with Crippen LogP contribution in [0.5, 0.6) is 11.5 Å². The van der Waals surface area contributed by atoms with Crippen molar-refractivity contribution in [2.24, 2.45) is 5.10 Å². The molecule has 0 radical (unpaired) electrons. The van der Waals surface area contributed by atoms with Crippen molar-refractivity contribution >= 4 is 35.2 Å². The van der Waals surface area contributed by atoms with Gasteiger partial charge in [0.05, 0.1) is 37.0 Å². The first kappa shape index (κ1) is 29.8. The summed E-state index contributed by atoms with van der Waals surface area (Å²) in [5.41, 5.74) is 7.24. The van der Waals surface area contributed by atoms with Crippen LogP contribution in [0.25, 0.3) is 5.69 Å². The number of ether oxygens (including phenoxy) is 3. The summed E-state index contributed by atoms with van der Waals surface area (Å²) in [7, 11) is 3.02. The van der Waals surface area contributed by atoms with E-state index in [-0.39, 0.29) is 31.1 Å². The van der Waals surface area contributed by atoms with Crippen molar-refractivity contribution in [2.45, 2.75) is 36.4 Å². The molecule has 0 bridgehead atoms. The van der Waals surface area contributed by atoms with Crippen molar-refractivity contribution in [3.8, 4) is 17.2 Å². The molecule has 1 aromatic heterocycles. The summed E-state index contributed by atoms with van der Waals surface area (Å²) < 4.78 is 60.0. The molecule has 11 nitrogen and oxygen atoms in total. The van der Waals surface area contributed by atoms with Crippen molar-refractivity contribution < 1.29 is 32.2 Å². The van der Waals surface area contributed by atoms with Gasteiger partial charge >= 0.3 is 12.1 Å². The van der Waals surface area contributed by atoms with Crippen LogP contribution < -0.4 is 20.4 Å². The summed E-state index contributed by atoms with van der Waals surface area (Å²) in [6.07, 6.45) is -4.52. The molecule has 16 heteroatoms. The van der Waals surface area contributed by atoms with E-state index in [2.05, 4.69) is 26.3 Å². The first-order chi connectivity index (χ1) is 20.1. The highest BCUT2D eigenvalue weighted by molar-refractivity contribution is 8.00. The molecule has 0 spiro atoms. The number of alkyl halides is 3. The molecule has 0 saturated carbocycles. The third-order valence-electron chi connectivity index (χ3n) is 6.56. The van der Waals surface area contributed by atoms with E-state index in [1.807, 2.05) is 6.07 Å². The standard InChI is InChI=1S/C26H27ClF3N7O4S/c1-4-41-21(38)13-20-31-35-36(34-20)11-10-19-24-32-33-25(26(28,29)30)37(24)17-9-8-14(27)12-16(17)23(42-19)15-6-5-7-18(39-2)22(15)40-3/h5-9,12,19,23,35H,4,10-11,13H2,1-3H3,(H,31,34)/t19-,23-/m0/s1. The van der Waals surface area contributed by atoms with Gasteiger partial charge in [-0.15, -0.1) is 32.2 Å². The predicted molar refractivity (Wildman–Crippen MR) is 149 cm³/mol. The largest absolute Gasteiger partial charge is 0.493 e. The van der Waals surface area contributed by atoms with E-state index in [9.17, 15) is 18.0 Å². The molecule has 2 aliphatic heterocycles. The van der Waals surface area contributed by atoms with Gasteiger partial charge in [-0.3, -0.25) is 14.8 Å². The number of fused-ring (bicyclic) bond motifs is 3. The van der Waals surface area contributed by atoms with E-state index in [0.29, 0.717) is 39.9 Å². The Morgan fingerprint density at radius 3 is 2.67 bits per heavy atom. The molecule has 2 atom stereocenters. The van der Waals surface area contributed by atoms with Crippen LogP contribution in [0.3, 0.4) is 0 Å². The first-order valence-corrected chi connectivity index (χ1v) is 14.2. The van der Waals surface area contributed by atoms with Gasteiger partial charge in [-0.2, -0.15) is 13.2 Å². The average Bonchev–Trinajstić information content (AvgIpc) is 3.57. The summed E-state index contributed by atoms with van der Waals surface area (Å²) in [6, 6.07) is 10.1. The highest BCUT2D eigenvalue weighted by Gasteiger charge is 2.43. The number of hydrazine groups is 2. The lowest BCUT2D eigenvalue weighted by Gasteiger charge is -2.25. The minimum atomic E-state index is -4.77. The third kappa shape index (κ3) is 5.94.